The molecule has 4 nitrogen and oxygen atoms in total. The molecule has 0 fully saturated rings. The van der Waals surface area contributed by atoms with Crippen LogP contribution in [0.5, 0.6) is 0 Å². The van der Waals surface area contributed by atoms with Gasteiger partial charge in [-0.05, 0) is 38.3 Å². The highest BCUT2D eigenvalue weighted by Crippen LogP contribution is 2.18. The Bertz CT molecular complexity index is 614. The summed E-state index contributed by atoms with van der Waals surface area (Å²) in [5.74, 6) is 0.0963. The SMILES string of the molecule is CC[NH+](CC)CCCNC(=O)Cn1c(C)cc2ccccc21. The first kappa shape index (κ1) is 16.6. The van der Waals surface area contributed by atoms with Gasteiger partial charge in [-0.3, -0.25) is 4.79 Å². The summed E-state index contributed by atoms with van der Waals surface area (Å²) in [5, 5.41) is 4.24. The van der Waals surface area contributed by atoms with E-state index in [9.17, 15) is 4.79 Å². The van der Waals surface area contributed by atoms with Gasteiger partial charge in [-0.15, -0.1) is 0 Å². The maximum atomic E-state index is 12.2. The highest BCUT2D eigenvalue weighted by Gasteiger charge is 2.09. The van der Waals surface area contributed by atoms with Crippen LogP contribution in [0.1, 0.15) is 26.0 Å². The maximum absolute atomic E-state index is 12.2. The van der Waals surface area contributed by atoms with Crippen molar-refractivity contribution in [2.75, 3.05) is 26.2 Å². The molecule has 0 saturated carbocycles. The second-order valence-corrected chi connectivity index (χ2v) is 5.84. The van der Waals surface area contributed by atoms with Gasteiger partial charge < -0.3 is 14.8 Å². The van der Waals surface area contributed by atoms with Gasteiger partial charge in [0, 0.05) is 24.2 Å². The fraction of sp³-hybridized carbons (Fsp3) is 0.500. The molecule has 2 rings (SSSR count). The smallest absolute Gasteiger partial charge is 0.239 e. The summed E-state index contributed by atoms with van der Waals surface area (Å²) >= 11 is 0. The standard InChI is InChI=1S/C18H27N3O/c1-4-20(5-2)12-8-11-19-18(22)14-21-15(3)13-16-9-6-7-10-17(16)21/h6-7,9-10,13H,4-5,8,11-12,14H2,1-3H3,(H,19,22)/p+1. The summed E-state index contributed by atoms with van der Waals surface area (Å²) in [6.07, 6.45) is 1.04. The van der Waals surface area contributed by atoms with Crippen LogP contribution in [0.3, 0.4) is 0 Å². The topological polar surface area (TPSA) is 38.5 Å². The highest BCUT2D eigenvalue weighted by atomic mass is 16.1. The second-order valence-electron chi connectivity index (χ2n) is 5.84. The lowest BCUT2D eigenvalue weighted by Crippen LogP contribution is -3.11. The average Bonchev–Trinajstić information content (AvgIpc) is 2.83. The van der Waals surface area contributed by atoms with Crippen molar-refractivity contribution in [3.63, 3.8) is 0 Å². The highest BCUT2D eigenvalue weighted by molar-refractivity contribution is 5.84. The molecule has 0 unspecified atom stereocenters. The van der Waals surface area contributed by atoms with Crippen LogP contribution >= 0.6 is 0 Å². The monoisotopic (exact) mass is 302 g/mol. The number of para-hydroxylation sites is 1. The maximum Gasteiger partial charge on any atom is 0.239 e. The Morgan fingerprint density at radius 3 is 2.68 bits per heavy atom. The van der Waals surface area contributed by atoms with Crippen LogP contribution in [0.15, 0.2) is 30.3 Å². The van der Waals surface area contributed by atoms with Gasteiger partial charge in [0.15, 0.2) is 0 Å². The van der Waals surface area contributed by atoms with Crippen LogP contribution in [-0.4, -0.2) is 36.7 Å². The summed E-state index contributed by atoms with van der Waals surface area (Å²) < 4.78 is 2.08. The van der Waals surface area contributed by atoms with Crippen LogP contribution in [0.2, 0.25) is 0 Å². The second kappa shape index (κ2) is 7.99. The van der Waals surface area contributed by atoms with E-state index in [-0.39, 0.29) is 5.91 Å². The normalized spacial score (nSPS) is 11.3. The minimum absolute atomic E-state index is 0.0963. The molecule has 1 aromatic heterocycles. The van der Waals surface area contributed by atoms with E-state index in [1.54, 1.807) is 4.90 Å². The lowest BCUT2D eigenvalue weighted by molar-refractivity contribution is -0.896. The first-order valence-electron chi connectivity index (χ1n) is 8.30. The summed E-state index contributed by atoms with van der Waals surface area (Å²) in [5.41, 5.74) is 2.26. The number of benzene rings is 1. The molecule has 0 atom stereocenters. The zero-order valence-electron chi connectivity index (χ0n) is 14.0. The quantitative estimate of drug-likeness (QED) is 0.711. The van der Waals surface area contributed by atoms with Crippen molar-refractivity contribution < 1.29 is 9.69 Å². The summed E-state index contributed by atoms with van der Waals surface area (Å²) in [6.45, 7) is 11.1. The van der Waals surface area contributed by atoms with Crippen molar-refractivity contribution in [1.29, 1.82) is 0 Å². The third-order valence-electron chi connectivity index (χ3n) is 4.35. The van der Waals surface area contributed by atoms with E-state index in [0.717, 1.165) is 43.8 Å². The van der Waals surface area contributed by atoms with Crippen molar-refractivity contribution in [1.82, 2.24) is 9.88 Å². The molecule has 0 bridgehead atoms. The van der Waals surface area contributed by atoms with Gasteiger partial charge in [-0.25, -0.2) is 0 Å². The summed E-state index contributed by atoms with van der Waals surface area (Å²) in [6, 6.07) is 10.3. The lowest BCUT2D eigenvalue weighted by Gasteiger charge is -2.15. The molecule has 1 amide bonds. The summed E-state index contributed by atoms with van der Waals surface area (Å²) in [7, 11) is 0. The van der Waals surface area contributed by atoms with E-state index in [4.69, 9.17) is 0 Å². The number of hydrogen-bond acceptors (Lipinski definition) is 1. The number of aromatic nitrogens is 1. The van der Waals surface area contributed by atoms with Crippen molar-refractivity contribution in [3.05, 3.63) is 36.0 Å². The van der Waals surface area contributed by atoms with Gasteiger partial charge in [0.25, 0.3) is 0 Å². The van der Waals surface area contributed by atoms with Gasteiger partial charge in [0.1, 0.15) is 6.54 Å². The Labute approximate surface area is 133 Å². The zero-order chi connectivity index (χ0) is 15.9. The lowest BCUT2D eigenvalue weighted by atomic mass is 10.2. The fourth-order valence-corrected chi connectivity index (χ4v) is 2.93. The van der Waals surface area contributed by atoms with Crippen LogP contribution in [0, 0.1) is 6.92 Å². The number of quaternary nitrogens is 1. The Morgan fingerprint density at radius 1 is 1.23 bits per heavy atom. The Hall–Kier alpha value is -1.81. The van der Waals surface area contributed by atoms with Crippen molar-refractivity contribution in [2.24, 2.45) is 0 Å². The number of nitrogens with one attached hydrogen (secondary N) is 2. The molecule has 1 heterocycles. The van der Waals surface area contributed by atoms with Crippen LogP contribution in [0.4, 0.5) is 0 Å². The first-order chi connectivity index (χ1) is 10.7. The van der Waals surface area contributed by atoms with E-state index in [1.165, 1.54) is 5.39 Å². The minimum Gasteiger partial charge on any atom is -0.354 e. The third-order valence-corrected chi connectivity index (χ3v) is 4.35. The van der Waals surface area contributed by atoms with E-state index in [2.05, 4.69) is 48.9 Å². The van der Waals surface area contributed by atoms with Crippen LogP contribution in [0.25, 0.3) is 10.9 Å². The van der Waals surface area contributed by atoms with Crippen LogP contribution < -0.4 is 10.2 Å². The molecule has 4 heteroatoms. The van der Waals surface area contributed by atoms with Gasteiger partial charge in [0.05, 0.1) is 19.6 Å². The number of fused-ring (bicyclic) bond motifs is 1. The van der Waals surface area contributed by atoms with Gasteiger partial charge >= 0.3 is 0 Å². The predicted molar refractivity (Wildman–Crippen MR) is 91.2 cm³/mol. The van der Waals surface area contributed by atoms with Crippen LogP contribution in [-0.2, 0) is 11.3 Å². The molecule has 1 aromatic carbocycles. The van der Waals surface area contributed by atoms with E-state index in [1.807, 2.05) is 12.1 Å². The number of carbonyl (C=O) groups excluding carboxylic acids is 1. The number of carbonyl (C=O) groups is 1. The molecule has 0 spiro atoms. The molecule has 0 aliphatic heterocycles. The molecule has 2 aromatic rings. The Balaban J connectivity index is 1.85. The fourth-order valence-electron chi connectivity index (χ4n) is 2.93. The van der Waals surface area contributed by atoms with E-state index < -0.39 is 0 Å². The largest absolute Gasteiger partial charge is 0.354 e. The molecule has 120 valence electrons. The molecule has 0 saturated heterocycles. The van der Waals surface area contributed by atoms with E-state index in [0.29, 0.717) is 6.54 Å². The molecule has 0 aliphatic carbocycles. The molecule has 22 heavy (non-hydrogen) atoms. The Morgan fingerprint density at radius 2 is 1.95 bits per heavy atom. The van der Waals surface area contributed by atoms with Gasteiger partial charge in [-0.1, -0.05) is 18.2 Å². The van der Waals surface area contributed by atoms with Gasteiger partial charge in [0.2, 0.25) is 5.91 Å². The van der Waals surface area contributed by atoms with Crippen molar-refractivity contribution >= 4 is 16.8 Å². The molecule has 0 aliphatic rings. The number of amides is 1. The van der Waals surface area contributed by atoms with Gasteiger partial charge in [-0.2, -0.15) is 0 Å². The molecular weight excluding hydrogens is 274 g/mol. The average molecular weight is 302 g/mol. The predicted octanol–water partition coefficient (Wildman–Crippen LogP) is 1.38. The zero-order valence-corrected chi connectivity index (χ0v) is 14.0. The van der Waals surface area contributed by atoms with Crippen molar-refractivity contribution in [3.8, 4) is 0 Å². The third kappa shape index (κ3) is 4.10. The Kier molecular flexibility index (Phi) is 6.01. The van der Waals surface area contributed by atoms with E-state index >= 15 is 0 Å². The number of aryl methyl sites for hydroxylation is 1. The summed E-state index contributed by atoms with van der Waals surface area (Å²) in [4.78, 5) is 13.7. The molecular formula is C18H28N3O+. The minimum atomic E-state index is 0.0963. The molecule has 0 radical (unpaired) electrons. The number of rotatable bonds is 8. The number of nitrogens with zero attached hydrogens (tertiary/aromatic N) is 1. The molecule has 2 N–H and O–H groups in total. The van der Waals surface area contributed by atoms with Crippen molar-refractivity contribution in [2.45, 2.75) is 33.7 Å². The number of hydrogen-bond donors (Lipinski definition) is 2. The first-order valence-corrected chi connectivity index (χ1v) is 8.30.